The second-order valence-corrected chi connectivity index (χ2v) is 8.68. The summed E-state index contributed by atoms with van der Waals surface area (Å²) in [5, 5.41) is 0. The summed E-state index contributed by atoms with van der Waals surface area (Å²) in [7, 11) is 0. The molecule has 1 heterocycles. The Labute approximate surface area is 156 Å². The molecular formula is C21H31NO4. The Hall–Kier alpha value is -2.04. The molecule has 0 unspecified atom stereocenters. The molecule has 0 aliphatic carbocycles. The molecule has 2 atom stereocenters. The van der Waals surface area contributed by atoms with Crippen LogP contribution >= 0.6 is 0 Å². The van der Waals surface area contributed by atoms with Crippen LogP contribution in [0.1, 0.15) is 53.5 Å². The average molecular weight is 361 g/mol. The Morgan fingerprint density at radius 2 is 1.92 bits per heavy atom. The molecule has 2 rings (SSSR count). The topological polar surface area (TPSA) is 55.8 Å². The van der Waals surface area contributed by atoms with Gasteiger partial charge in [0.2, 0.25) is 0 Å². The number of hydrogen-bond acceptors (Lipinski definition) is 4. The average Bonchev–Trinajstić information content (AvgIpc) is 2.49. The van der Waals surface area contributed by atoms with Crippen molar-refractivity contribution >= 4 is 12.1 Å². The summed E-state index contributed by atoms with van der Waals surface area (Å²) < 4.78 is 11.3. The van der Waals surface area contributed by atoms with Gasteiger partial charge in [-0.25, -0.2) is 9.59 Å². The number of carbonyl (C=O) groups is 2. The van der Waals surface area contributed by atoms with Crippen LogP contribution in [0.4, 0.5) is 4.79 Å². The van der Waals surface area contributed by atoms with Crippen molar-refractivity contribution in [1.82, 2.24) is 4.90 Å². The van der Waals surface area contributed by atoms with Crippen LogP contribution in [0.3, 0.4) is 0 Å². The largest absolute Gasteiger partial charge is 0.459 e. The molecule has 5 nitrogen and oxygen atoms in total. The number of rotatable bonds is 4. The van der Waals surface area contributed by atoms with Gasteiger partial charge < -0.3 is 9.47 Å². The van der Waals surface area contributed by atoms with E-state index in [1.165, 1.54) is 0 Å². The first kappa shape index (κ1) is 20.3. The zero-order chi connectivity index (χ0) is 19.5. The molecule has 0 N–H and O–H groups in total. The van der Waals surface area contributed by atoms with Crippen molar-refractivity contribution in [1.29, 1.82) is 0 Å². The summed E-state index contributed by atoms with van der Waals surface area (Å²) in [5.74, 6) is -0.00382. The summed E-state index contributed by atoms with van der Waals surface area (Å²) in [6.45, 7) is 11.7. The second kappa shape index (κ2) is 7.68. The fourth-order valence-electron chi connectivity index (χ4n) is 3.23. The SMILES string of the molecule is CC(C)C[C@H]1CN(C(=O)OC(C)(C)C)[C@@](C)(Cc2ccccc2)C(=O)O1. The number of carbonyl (C=O) groups excluding carboxylic acids is 2. The zero-order valence-electron chi connectivity index (χ0n) is 16.7. The Balaban J connectivity index is 2.32. The monoisotopic (exact) mass is 361 g/mol. The highest BCUT2D eigenvalue weighted by molar-refractivity contribution is 5.87. The van der Waals surface area contributed by atoms with Crippen LogP contribution in [0.15, 0.2) is 30.3 Å². The fraction of sp³-hybridized carbons (Fsp3) is 0.619. The van der Waals surface area contributed by atoms with Crippen LogP contribution < -0.4 is 0 Å². The van der Waals surface area contributed by atoms with Gasteiger partial charge in [0.25, 0.3) is 0 Å². The lowest BCUT2D eigenvalue weighted by Gasteiger charge is -2.46. The third-order valence-electron chi connectivity index (χ3n) is 4.43. The molecule has 144 valence electrons. The minimum absolute atomic E-state index is 0.307. The van der Waals surface area contributed by atoms with E-state index in [1.807, 2.05) is 51.1 Å². The molecule has 0 aromatic heterocycles. The molecule has 26 heavy (non-hydrogen) atoms. The molecule has 1 aliphatic heterocycles. The number of esters is 1. The van der Waals surface area contributed by atoms with E-state index in [1.54, 1.807) is 11.8 Å². The van der Waals surface area contributed by atoms with Gasteiger partial charge in [0.15, 0.2) is 0 Å². The Kier molecular flexibility index (Phi) is 5.99. The first-order chi connectivity index (χ1) is 12.0. The molecule has 1 aromatic rings. The highest BCUT2D eigenvalue weighted by Gasteiger charge is 2.50. The van der Waals surface area contributed by atoms with Crippen LogP contribution in [-0.2, 0) is 20.7 Å². The lowest BCUT2D eigenvalue weighted by Crippen LogP contribution is -2.64. The van der Waals surface area contributed by atoms with E-state index < -0.39 is 17.2 Å². The van der Waals surface area contributed by atoms with Crippen molar-refractivity contribution in [2.45, 2.75) is 71.6 Å². The van der Waals surface area contributed by atoms with Crippen LogP contribution in [0.25, 0.3) is 0 Å². The van der Waals surface area contributed by atoms with Gasteiger partial charge in [-0.15, -0.1) is 0 Å². The first-order valence-electron chi connectivity index (χ1n) is 9.27. The molecule has 1 aliphatic rings. The third kappa shape index (κ3) is 4.99. The van der Waals surface area contributed by atoms with Crippen molar-refractivity contribution in [2.24, 2.45) is 5.92 Å². The molecule has 1 amide bonds. The Bertz CT molecular complexity index is 635. The van der Waals surface area contributed by atoms with Crippen molar-refractivity contribution in [2.75, 3.05) is 6.54 Å². The van der Waals surface area contributed by atoms with E-state index >= 15 is 0 Å². The van der Waals surface area contributed by atoms with E-state index in [4.69, 9.17) is 9.47 Å². The van der Waals surface area contributed by atoms with Crippen molar-refractivity contribution in [3.63, 3.8) is 0 Å². The van der Waals surface area contributed by atoms with Crippen LogP contribution in [-0.4, -0.2) is 40.8 Å². The van der Waals surface area contributed by atoms with Gasteiger partial charge in [-0.3, -0.25) is 4.90 Å². The molecular weight excluding hydrogens is 330 g/mol. The smallest absolute Gasteiger partial charge is 0.411 e. The highest BCUT2D eigenvalue weighted by Crippen LogP contribution is 2.31. The van der Waals surface area contributed by atoms with Gasteiger partial charge >= 0.3 is 12.1 Å². The van der Waals surface area contributed by atoms with Crippen LogP contribution in [0.2, 0.25) is 0 Å². The summed E-state index contributed by atoms with van der Waals surface area (Å²) in [6.07, 6.45) is 0.326. The number of hydrogen-bond donors (Lipinski definition) is 0. The summed E-state index contributed by atoms with van der Waals surface area (Å²) in [4.78, 5) is 27.4. The fourth-order valence-corrected chi connectivity index (χ4v) is 3.23. The number of benzene rings is 1. The van der Waals surface area contributed by atoms with E-state index in [9.17, 15) is 9.59 Å². The zero-order valence-corrected chi connectivity index (χ0v) is 16.7. The summed E-state index contributed by atoms with van der Waals surface area (Å²) in [5.41, 5.74) is -0.737. The maximum atomic E-state index is 12.9. The molecule has 1 fully saturated rings. The van der Waals surface area contributed by atoms with Gasteiger partial charge in [-0.05, 0) is 45.6 Å². The minimum Gasteiger partial charge on any atom is -0.459 e. The third-order valence-corrected chi connectivity index (χ3v) is 4.43. The number of amides is 1. The maximum absolute atomic E-state index is 12.9. The van der Waals surface area contributed by atoms with Gasteiger partial charge in [-0.2, -0.15) is 0 Å². The van der Waals surface area contributed by atoms with Gasteiger partial charge in [-0.1, -0.05) is 44.2 Å². The molecule has 0 radical (unpaired) electrons. The summed E-state index contributed by atoms with van der Waals surface area (Å²) in [6, 6.07) is 9.67. The van der Waals surface area contributed by atoms with Crippen LogP contribution in [0.5, 0.6) is 0 Å². The molecule has 1 saturated heterocycles. The van der Waals surface area contributed by atoms with Crippen molar-refractivity contribution in [3.8, 4) is 0 Å². The van der Waals surface area contributed by atoms with Gasteiger partial charge in [0.1, 0.15) is 17.2 Å². The Morgan fingerprint density at radius 1 is 1.31 bits per heavy atom. The predicted molar refractivity (Wildman–Crippen MR) is 101 cm³/mol. The number of ether oxygens (including phenoxy) is 2. The minimum atomic E-state index is -1.09. The number of nitrogens with zero attached hydrogens (tertiary/aromatic N) is 1. The van der Waals surface area contributed by atoms with Crippen molar-refractivity contribution < 1.29 is 19.1 Å². The van der Waals surface area contributed by atoms with Crippen LogP contribution in [0, 0.1) is 5.92 Å². The summed E-state index contributed by atoms with van der Waals surface area (Å²) >= 11 is 0. The predicted octanol–water partition coefficient (Wildman–Crippen LogP) is 4.20. The van der Waals surface area contributed by atoms with Gasteiger partial charge in [0.05, 0.1) is 6.54 Å². The maximum Gasteiger partial charge on any atom is 0.411 e. The number of morpholine rings is 1. The lowest BCUT2D eigenvalue weighted by molar-refractivity contribution is -0.176. The highest BCUT2D eigenvalue weighted by atomic mass is 16.6. The van der Waals surface area contributed by atoms with E-state index in [0.717, 1.165) is 5.56 Å². The van der Waals surface area contributed by atoms with Gasteiger partial charge in [0, 0.05) is 6.42 Å². The molecule has 0 bridgehead atoms. The number of cyclic esters (lactones) is 1. The quantitative estimate of drug-likeness (QED) is 0.754. The first-order valence-corrected chi connectivity index (χ1v) is 9.27. The normalized spacial score (nSPS) is 23.7. The van der Waals surface area contributed by atoms with E-state index in [2.05, 4.69) is 13.8 Å². The van der Waals surface area contributed by atoms with E-state index in [-0.39, 0.29) is 12.1 Å². The molecule has 0 saturated carbocycles. The Morgan fingerprint density at radius 3 is 2.46 bits per heavy atom. The standard InChI is InChI=1S/C21H31NO4/c1-15(2)12-17-14-22(19(24)26-20(3,4)5)21(6,18(23)25-17)13-16-10-8-7-9-11-16/h7-11,15,17H,12-14H2,1-6H3/t17-,21-/m0/s1. The molecule has 5 heteroatoms. The molecule has 1 aromatic carbocycles. The van der Waals surface area contributed by atoms with Crippen molar-refractivity contribution in [3.05, 3.63) is 35.9 Å². The van der Waals surface area contributed by atoms with E-state index in [0.29, 0.717) is 25.3 Å². The second-order valence-electron chi connectivity index (χ2n) is 8.68. The lowest BCUT2D eigenvalue weighted by atomic mass is 9.88. The molecule has 0 spiro atoms.